The monoisotopic (exact) mass is 321 g/mol. The number of nitrogens with zero attached hydrogens (tertiary/aromatic N) is 2. The number of hydrogen-bond donors (Lipinski definition) is 1. The van der Waals surface area contributed by atoms with Crippen molar-refractivity contribution in [3.63, 3.8) is 0 Å². The van der Waals surface area contributed by atoms with E-state index in [0.717, 1.165) is 11.3 Å². The second-order valence-electron chi connectivity index (χ2n) is 4.81. The standard InChI is InChI=1S/C15H16ClN3O3/c1-10-7-13(19(2)18-10)17-14(20)9-22-15(21)8-11-3-5-12(16)6-4-11/h3-7H,8-9H2,1-2H3,(H,17,20). The maximum Gasteiger partial charge on any atom is 0.310 e. The first-order valence-electron chi connectivity index (χ1n) is 6.64. The van der Waals surface area contributed by atoms with E-state index in [0.29, 0.717) is 10.8 Å². The van der Waals surface area contributed by atoms with Gasteiger partial charge in [0, 0.05) is 18.1 Å². The predicted molar refractivity (Wildman–Crippen MR) is 82.7 cm³/mol. The minimum atomic E-state index is -0.473. The van der Waals surface area contributed by atoms with Crippen LogP contribution in [0.1, 0.15) is 11.3 Å². The van der Waals surface area contributed by atoms with Crippen molar-refractivity contribution >= 4 is 29.3 Å². The molecule has 1 amide bonds. The lowest BCUT2D eigenvalue weighted by molar-refractivity contribution is -0.146. The van der Waals surface area contributed by atoms with Gasteiger partial charge in [-0.15, -0.1) is 0 Å². The van der Waals surface area contributed by atoms with Crippen molar-refractivity contribution in [3.05, 3.63) is 46.6 Å². The molecule has 1 aromatic heterocycles. The largest absolute Gasteiger partial charge is 0.455 e. The first-order chi connectivity index (χ1) is 10.4. The molecule has 0 aliphatic rings. The Kier molecular flexibility index (Phi) is 5.16. The number of benzene rings is 1. The highest BCUT2D eigenvalue weighted by atomic mass is 35.5. The van der Waals surface area contributed by atoms with E-state index in [1.54, 1.807) is 42.1 Å². The molecule has 0 unspecified atom stereocenters. The summed E-state index contributed by atoms with van der Waals surface area (Å²) in [5.74, 6) is -0.331. The Balaban J connectivity index is 1.79. The Morgan fingerprint density at radius 1 is 1.32 bits per heavy atom. The summed E-state index contributed by atoms with van der Waals surface area (Å²) in [6.07, 6.45) is 0.0925. The van der Waals surface area contributed by atoms with Gasteiger partial charge < -0.3 is 10.1 Å². The average molecular weight is 322 g/mol. The molecule has 0 radical (unpaired) electrons. The highest BCUT2D eigenvalue weighted by molar-refractivity contribution is 6.30. The van der Waals surface area contributed by atoms with E-state index in [9.17, 15) is 9.59 Å². The molecule has 0 aliphatic carbocycles. The molecule has 2 rings (SSSR count). The minimum Gasteiger partial charge on any atom is -0.455 e. The zero-order chi connectivity index (χ0) is 16.1. The van der Waals surface area contributed by atoms with Gasteiger partial charge in [-0.3, -0.25) is 14.3 Å². The Labute approximate surface area is 133 Å². The molecular weight excluding hydrogens is 306 g/mol. The van der Waals surface area contributed by atoms with Crippen molar-refractivity contribution < 1.29 is 14.3 Å². The summed E-state index contributed by atoms with van der Waals surface area (Å²) in [6.45, 7) is 1.48. The van der Waals surface area contributed by atoms with Crippen LogP contribution in [0.4, 0.5) is 5.82 Å². The van der Waals surface area contributed by atoms with Gasteiger partial charge in [-0.2, -0.15) is 5.10 Å². The highest BCUT2D eigenvalue weighted by Gasteiger charge is 2.11. The topological polar surface area (TPSA) is 73.2 Å². The van der Waals surface area contributed by atoms with E-state index in [1.165, 1.54) is 0 Å². The summed E-state index contributed by atoms with van der Waals surface area (Å²) in [5.41, 5.74) is 1.56. The number of rotatable bonds is 5. The Bertz CT molecular complexity index is 680. The summed E-state index contributed by atoms with van der Waals surface area (Å²) >= 11 is 5.77. The molecule has 0 saturated heterocycles. The molecule has 6 nitrogen and oxygen atoms in total. The Morgan fingerprint density at radius 3 is 2.59 bits per heavy atom. The Hall–Kier alpha value is -2.34. The highest BCUT2D eigenvalue weighted by Crippen LogP contribution is 2.10. The third kappa shape index (κ3) is 4.60. The molecule has 22 heavy (non-hydrogen) atoms. The maximum absolute atomic E-state index is 11.7. The molecule has 7 heteroatoms. The molecule has 2 aromatic rings. The third-order valence-corrected chi connectivity index (χ3v) is 3.15. The third-order valence-electron chi connectivity index (χ3n) is 2.90. The van der Waals surface area contributed by atoms with Crippen LogP contribution in [-0.2, 0) is 27.8 Å². The van der Waals surface area contributed by atoms with Crippen molar-refractivity contribution in [2.45, 2.75) is 13.3 Å². The van der Waals surface area contributed by atoms with Crippen molar-refractivity contribution in [2.75, 3.05) is 11.9 Å². The molecule has 0 fully saturated rings. The number of hydrogen-bond acceptors (Lipinski definition) is 4. The number of ether oxygens (including phenoxy) is 1. The van der Waals surface area contributed by atoms with E-state index in [-0.39, 0.29) is 13.0 Å². The number of amides is 1. The first kappa shape index (κ1) is 16.0. The van der Waals surface area contributed by atoms with Crippen LogP contribution in [-0.4, -0.2) is 28.3 Å². The van der Waals surface area contributed by atoms with Crippen LogP contribution in [0.25, 0.3) is 0 Å². The first-order valence-corrected chi connectivity index (χ1v) is 7.02. The number of esters is 1. The van der Waals surface area contributed by atoms with Gasteiger partial charge in [-0.25, -0.2) is 0 Å². The van der Waals surface area contributed by atoms with Crippen molar-refractivity contribution in [3.8, 4) is 0 Å². The fraction of sp³-hybridized carbons (Fsp3) is 0.267. The van der Waals surface area contributed by atoms with Crippen LogP contribution in [0, 0.1) is 6.92 Å². The molecule has 1 aromatic carbocycles. The van der Waals surface area contributed by atoms with Gasteiger partial charge in [-0.1, -0.05) is 23.7 Å². The van der Waals surface area contributed by atoms with Crippen molar-refractivity contribution in [1.29, 1.82) is 0 Å². The molecular formula is C15H16ClN3O3. The molecule has 1 heterocycles. The van der Waals surface area contributed by atoms with Crippen LogP contribution in [0.15, 0.2) is 30.3 Å². The average Bonchev–Trinajstić information content (AvgIpc) is 2.77. The van der Waals surface area contributed by atoms with Crippen LogP contribution < -0.4 is 5.32 Å². The fourth-order valence-corrected chi connectivity index (χ4v) is 2.00. The second kappa shape index (κ2) is 7.09. The van der Waals surface area contributed by atoms with E-state index in [4.69, 9.17) is 16.3 Å². The normalized spacial score (nSPS) is 10.3. The summed E-state index contributed by atoms with van der Waals surface area (Å²) in [7, 11) is 1.72. The van der Waals surface area contributed by atoms with E-state index >= 15 is 0 Å². The number of anilines is 1. The molecule has 1 N–H and O–H groups in total. The summed E-state index contributed by atoms with van der Waals surface area (Å²) in [4.78, 5) is 23.4. The van der Waals surface area contributed by atoms with E-state index < -0.39 is 11.9 Å². The van der Waals surface area contributed by atoms with Gasteiger partial charge in [0.05, 0.1) is 12.1 Å². The fourth-order valence-electron chi connectivity index (χ4n) is 1.87. The smallest absolute Gasteiger partial charge is 0.310 e. The van der Waals surface area contributed by atoms with Crippen LogP contribution in [0.3, 0.4) is 0 Å². The molecule has 0 spiro atoms. The number of carbonyl (C=O) groups is 2. The molecule has 0 saturated carbocycles. The quantitative estimate of drug-likeness (QED) is 0.856. The zero-order valence-electron chi connectivity index (χ0n) is 12.3. The molecule has 116 valence electrons. The van der Waals surface area contributed by atoms with Crippen LogP contribution in [0.5, 0.6) is 0 Å². The van der Waals surface area contributed by atoms with Gasteiger partial charge in [0.15, 0.2) is 6.61 Å². The van der Waals surface area contributed by atoms with Gasteiger partial charge in [0.25, 0.3) is 5.91 Å². The van der Waals surface area contributed by atoms with Crippen LogP contribution >= 0.6 is 11.6 Å². The SMILES string of the molecule is Cc1cc(NC(=O)COC(=O)Cc2ccc(Cl)cc2)n(C)n1. The van der Waals surface area contributed by atoms with E-state index in [1.807, 2.05) is 6.92 Å². The lowest BCUT2D eigenvalue weighted by atomic mass is 10.1. The minimum absolute atomic E-state index is 0.0925. The van der Waals surface area contributed by atoms with Gasteiger partial charge in [-0.05, 0) is 24.6 Å². The van der Waals surface area contributed by atoms with E-state index in [2.05, 4.69) is 10.4 Å². The Morgan fingerprint density at radius 2 is 2.00 bits per heavy atom. The van der Waals surface area contributed by atoms with Gasteiger partial charge in [0.1, 0.15) is 5.82 Å². The molecule has 0 bridgehead atoms. The maximum atomic E-state index is 11.7. The van der Waals surface area contributed by atoms with Crippen molar-refractivity contribution in [2.24, 2.45) is 7.05 Å². The molecule has 0 atom stereocenters. The number of carbonyl (C=O) groups excluding carboxylic acids is 2. The van der Waals surface area contributed by atoms with Crippen molar-refractivity contribution in [1.82, 2.24) is 9.78 Å². The number of aryl methyl sites for hydroxylation is 2. The summed E-state index contributed by atoms with van der Waals surface area (Å²) in [6, 6.07) is 8.60. The zero-order valence-corrected chi connectivity index (χ0v) is 13.1. The lowest BCUT2D eigenvalue weighted by Crippen LogP contribution is -2.22. The summed E-state index contributed by atoms with van der Waals surface area (Å²) in [5, 5.41) is 7.33. The predicted octanol–water partition coefficient (Wildman–Crippen LogP) is 2.11. The number of nitrogens with one attached hydrogen (secondary N) is 1. The van der Waals surface area contributed by atoms with Gasteiger partial charge >= 0.3 is 5.97 Å². The number of aromatic nitrogens is 2. The second-order valence-corrected chi connectivity index (χ2v) is 5.24. The number of halogens is 1. The lowest BCUT2D eigenvalue weighted by Gasteiger charge is -2.06. The summed E-state index contributed by atoms with van der Waals surface area (Å²) < 4.78 is 6.49. The van der Waals surface area contributed by atoms with Crippen LogP contribution in [0.2, 0.25) is 5.02 Å². The molecule has 0 aliphatic heterocycles. The van der Waals surface area contributed by atoms with Gasteiger partial charge in [0.2, 0.25) is 0 Å².